The number of halogens is 1. The van der Waals surface area contributed by atoms with E-state index >= 15 is 0 Å². The maximum absolute atomic E-state index is 9.07. The molecule has 1 fully saturated rings. The van der Waals surface area contributed by atoms with Crippen molar-refractivity contribution in [2.75, 3.05) is 11.1 Å². The van der Waals surface area contributed by atoms with Crippen LogP contribution in [0.4, 0.5) is 5.69 Å². The topological polar surface area (TPSA) is 35.8 Å². The molecular weight excluding hydrogens is 284 g/mol. The van der Waals surface area contributed by atoms with Gasteiger partial charge in [0.25, 0.3) is 0 Å². The number of anilines is 1. The molecular formula is C12H13BrN2S. The molecule has 1 heterocycles. The van der Waals surface area contributed by atoms with Crippen molar-refractivity contribution in [3.63, 3.8) is 0 Å². The number of thioether (sulfide) groups is 1. The van der Waals surface area contributed by atoms with Crippen LogP contribution < -0.4 is 5.32 Å². The minimum atomic E-state index is 0.485. The second kappa shape index (κ2) is 5.11. The molecule has 1 aliphatic heterocycles. The maximum atomic E-state index is 9.07. The van der Waals surface area contributed by atoms with Crippen LogP contribution in [0.3, 0.4) is 0 Å². The van der Waals surface area contributed by atoms with Crippen molar-refractivity contribution >= 4 is 33.4 Å². The van der Waals surface area contributed by atoms with Crippen molar-refractivity contribution in [1.82, 2.24) is 0 Å². The predicted octanol–water partition coefficient (Wildman–Crippen LogP) is 3.63. The number of nitriles is 1. The van der Waals surface area contributed by atoms with Gasteiger partial charge in [-0.3, -0.25) is 0 Å². The van der Waals surface area contributed by atoms with E-state index in [1.807, 2.05) is 30.0 Å². The van der Waals surface area contributed by atoms with Crippen molar-refractivity contribution in [1.29, 1.82) is 5.26 Å². The van der Waals surface area contributed by atoms with E-state index < -0.39 is 0 Å². The number of benzene rings is 1. The third kappa shape index (κ3) is 2.53. The molecule has 4 heteroatoms. The van der Waals surface area contributed by atoms with Crippen molar-refractivity contribution in [3.8, 4) is 6.07 Å². The van der Waals surface area contributed by atoms with E-state index in [9.17, 15) is 0 Å². The number of hydrogen-bond acceptors (Lipinski definition) is 3. The Morgan fingerprint density at radius 2 is 2.38 bits per heavy atom. The third-order valence-corrected chi connectivity index (χ3v) is 4.64. The molecule has 0 bridgehead atoms. The molecule has 0 saturated carbocycles. The first-order chi connectivity index (χ1) is 7.70. The minimum Gasteiger partial charge on any atom is -0.380 e. The van der Waals surface area contributed by atoms with Crippen LogP contribution in [0.15, 0.2) is 22.7 Å². The van der Waals surface area contributed by atoms with Crippen LogP contribution >= 0.6 is 27.7 Å². The van der Waals surface area contributed by atoms with Gasteiger partial charge in [0, 0.05) is 15.8 Å². The minimum absolute atomic E-state index is 0.485. The largest absolute Gasteiger partial charge is 0.380 e. The van der Waals surface area contributed by atoms with Gasteiger partial charge >= 0.3 is 0 Å². The van der Waals surface area contributed by atoms with Gasteiger partial charge in [-0.05, 0) is 30.4 Å². The van der Waals surface area contributed by atoms with E-state index in [1.54, 1.807) is 0 Å². The molecule has 1 N–H and O–H groups in total. The fourth-order valence-electron chi connectivity index (χ4n) is 1.86. The van der Waals surface area contributed by atoms with Gasteiger partial charge in [0.05, 0.1) is 11.3 Å². The molecule has 1 saturated heterocycles. The van der Waals surface area contributed by atoms with E-state index in [1.165, 1.54) is 12.2 Å². The smallest absolute Gasteiger partial charge is 0.101 e. The van der Waals surface area contributed by atoms with Gasteiger partial charge in [-0.1, -0.05) is 22.9 Å². The van der Waals surface area contributed by atoms with Crippen molar-refractivity contribution < 1.29 is 0 Å². The Morgan fingerprint density at radius 1 is 1.56 bits per heavy atom. The zero-order valence-corrected chi connectivity index (χ0v) is 11.4. The molecule has 2 atom stereocenters. The normalized spacial score (nSPS) is 24.1. The van der Waals surface area contributed by atoms with E-state index in [-0.39, 0.29) is 0 Å². The zero-order valence-electron chi connectivity index (χ0n) is 9.03. The van der Waals surface area contributed by atoms with Crippen molar-refractivity contribution in [2.45, 2.75) is 24.6 Å². The lowest BCUT2D eigenvalue weighted by atomic mass is 10.1. The molecule has 2 unspecified atom stereocenters. The van der Waals surface area contributed by atoms with Crippen molar-refractivity contribution in [2.24, 2.45) is 0 Å². The van der Waals surface area contributed by atoms with Gasteiger partial charge in [0.1, 0.15) is 6.07 Å². The fraction of sp³-hybridized carbons (Fsp3) is 0.417. The van der Waals surface area contributed by atoms with Crippen LogP contribution in [0.5, 0.6) is 0 Å². The van der Waals surface area contributed by atoms with Gasteiger partial charge < -0.3 is 5.32 Å². The SMILES string of the molecule is CC1SCCC1Nc1ccc(Br)cc1C#N. The summed E-state index contributed by atoms with van der Waals surface area (Å²) in [6, 6.07) is 8.51. The number of hydrogen-bond donors (Lipinski definition) is 1. The molecule has 2 rings (SSSR count). The van der Waals surface area contributed by atoms with Crippen LogP contribution in [0.1, 0.15) is 18.9 Å². The van der Waals surface area contributed by atoms with E-state index in [2.05, 4.69) is 34.2 Å². The maximum Gasteiger partial charge on any atom is 0.101 e. The third-order valence-electron chi connectivity index (χ3n) is 2.82. The van der Waals surface area contributed by atoms with Gasteiger partial charge in [0.15, 0.2) is 0 Å². The monoisotopic (exact) mass is 296 g/mol. The summed E-state index contributed by atoms with van der Waals surface area (Å²) in [6.45, 7) is 2.24. The lowest BCUT2D eigenvalue weighted by Gasteiger charge is -2.18. The van der Waals surface area contributed by atoms with Gasteiger partial charge in [0.2, 0.25) is 0 Å². The Labute approximate surface area is 109 Å². The summed E-state index contributed by atoms with van der Waals surface area (Å²) in [6.07, 6.45) is 1.17. The molecule has 1 aliphatic rings. The summed E-state index contributed by atoms with van der Waals surface area (Å²) in [7, 11) is 0. The molecule has 0 spiro atoms. The first kappa shape index (κ1) is 11.8. The van der Waals surface area contributed by atoms with E-state index in [0.29, 0.717) is 16.9 Å². The Hall–Kier alpha value is -0.660. The first-order valence-corrected chi connectivity index (χ1v) is 7.12. The Morgan fingerprint density at radius 3 is 3.00 bits per heavy atom. The number of nitrogens with one attached hydrogen (secondary N) is 1. The highest BCUT2D eigenvalue weighted by atomic mass is 79.9. The summed E-state index contributed by atoms with van der Waals surface area (Å²) < 4.78 is 0.948. The molecule has 84 valence electrons. The molecule has 0 aliphatic carbocycles. The van der Waals surface area contributed by atoms with Crippen LogP contribution in [-0.4, -0.2) is 17.0 Å². The lowest BCUT2D eigenvalue weighted by molar-refractivity contribution is 0.724. The fourth-order valence-corrected chi connectivity index (χ4v) is 3.42. The Balaban J connectivity index is 2.18. The van der Waals surface area contributed by atoms with Crippen LogP contribution in [0, 0.1) is 11.3 Å². The molecule has 0 radical (unpaired) electrons. The Bertz CT molecular complexity index is 428. The van der Waals surface area contributed by atoms with Crippen LogP contribution in [0.25, 0.3) is 0 Å². The molecule has 2 nitrogen and oxygen atoms in total. The van der Waals surface area contributed by atoms with E-state index in [4.69, 9.17) is 5.26 Å². The summed E-state index contributed by atoms with van der Waals surface area (Å²) in [5, 5.41) is 13.2. The van der Waals surface area contributed by atoms with Gasteiger partial charge in [-0.2, -0.15) is 17.0 Å². The quantitative estimate of drug-likeness (QED) is 0.905. The molecule has 0 aromatic heterocycles. The summed E-state index contributed by atoms with van der Waals surface area (Å²) in [5.41, 5.74) is 1.66. The summed E-state index contributed by atoms with van der Waals surface area (Å²) >= 11 is 5.37. The predicted molar refractivity (Wildman–Crippen MR) is 72.8 cm³/mol. The molecule has 0 amide bonds. The van der Waals surface area contributed by atoms with E-state index in [0.717, 1.165) is 10.2 Å². The second-order valence-electron chi connectivity index (χ2n) is 3.92. The average molecular weight is 297 g/mol. The Kier molecular flexibility index (Phi) is 3.78. The average Bonchev–Trinajstić information content (AvgIpc) is 2.67. The highest BCUT2D eigenvalue weighted by Crippen LogP contribution is 2.30. The molecule has 16 heavy (non-hydrogen) atoms. The highest BCUT2D eigenvalue weighted by molar-refractivity contribution is 9.10. The zero-order chi connectivity index (χ0) is 11.5. The van der Waals surface area contributed by atoms with Crippen LogP contribution in [-0.2, 0) is 0 Å². The van der Waals surface area contributed by atoms with Crippen LogP contribution in [0.2, 0.25) is 0 Å². The lowest BCUT2D eigenvalue weighted by Crippen LogP contribution is -2.25. The van der Waals surface area contributed by atoms with Gasteiger partial charge in [-0.15, -0.1) is 0 Å². The van der Waals surface area contributed by atoms with Crippen molar-refractivity contribution in [3.05, 3.63) is 28.2 Å². The first-order valence-electron chi connectivity index (χ1n) is 5.28. The highest BCUT2D eigenvalue weighted by Gasteiger charge is 2.24. The second-order valence-corrected chi connectivity index (χ2v) is 6.32. The molecule has 1 aromatic rings. The van der Waals surface area contributed by atoms with Gasteiger partial charge in [-0.25, -0.2) is 0 Å². The number of nitrogens with zero attached hydrogens (tertiary/aromatic N) is 1. The summed E-state index contributed by atoms with van der Waals surface area (Å²) in [5.74, 6) is 1.21. The number of rotatable bonds is 2. The standard InChI is InChI=1S/C12H13BrN2S/c1-8-11(4-5-16-8)15-12-3-2-10(13)6-9(12)7-14/h2-3,6,8,11,15H,4-5H2,1H3. The molecule has 1 aromatic carbocycles. The summed E-state index contributed by atoms with van der Waals surface area (Å²) in [4.78, 5) is 0.